The van der Waals surface area contributed by atoms with Gasteiger partial charge in [0, 0.05) is 12.8 Å². The van der Waals surface area contributed by atoms with Gasteiger partial charge >= 0.3 is 21.6 Å². The molecule has 1 aliphatic carbocycles. The first-order valence-electron chi connectivity index (χ1n) is 7.19. The van der Waals surface area contributed by atoms with Crippen LogP contribution in [0.15, 0.2) is 0 Å². The Morgan fingerprint density at radius 1 is 1.29 bits per heavy atom. The molecular formula is C13H19F3O7S. The number of carbonyl (C=O) groups is 1. The van der Waals surface area contributed by atoms with Crippen molar-refractivity contribution in [3.63, 3.8) is 0 Å². The Morgan fingerprint density at radius 3 is 2.38 bits per heavy atom. The lowest BCUT2D eigenvalue weighted by Crippen LogP contribution is -2.43. The van der Waals surface area contributed by atoms with Gasteiger partial charge in [-0.2, -0.15) is 21.6 Å². The van der Waals surface area contributed by atoms with Gasteiger partial charge in [0.15, 0.2) is 5.79 Å². The van der Waals surface area contributed by atoms with Crippen molar-refractivity contribution in [1.82, 2.24) is 0 Å². The maximum atomic E-state index is 12.6. The molecular weight excluding hydrogens is 357 g/mol. The average molecular weight is 376 g/mol. The number of esters is 1. The minimum atomic E-state index is -5.78. The van der Waals surface area contributed by atoms with Crippen LogP contribution in [0.1, 0.15) is 34.1 Å². The predicted octanol–water partition coefficient (Wildman–Crippen LogP) is 1.71. The van der Waals surface area contributed by atoms with Crippen molar-refractivity contribution < 1.29 is 44.8 Å². The molecule has 2 aliphatic rings. The van der Waals surface area contributed by atoms with Gasteiger partial charge in [0.05, 0.1) is 6.61 Å². The second-order valence-corrected chi connectivity index (χ2v) is 8.06. The van der Waals surface area contributed by atoms with Crippen molar-refractivity contribution >= 4 is 16.1 Å². The fourth-order valence-electron chi connectivity index (χ4n) is 3.19. The highest BCUT2D eigenvalue weighted by Gasteiger charge is 2.64. The van der Waals surface area contributed by atoms with Gasteiger partial charge in [-0.1, -0.05) is 0 Å². The lowest BCUT2D eigenvalue weighted by Gasteiger charge is -2.30. The van der Waals surface area contributed by atoms with Crippen molar-refractivity contribution in [2.75, 3.05) is 6.61 Å². The SMILES string of the molecule is CC(=O)OC[C@H]1C[C@H](OS(=O)(=O)C(F)(F)F)C2OC(C)(C)OC21C. The van der Waals surface area contributed by atoms with Gasteiger partial charge in [0.2, 0.25) is 0 Å². The van der Waals surface area contributed by atoms with Gasteiger partial charge < -0.3 is 14.2 Å². The second-order valence-electron chi connectivity index (χ2n) is 6.49. The molecule has 1 aliphatic heterocycles. The summed E-state index contributed by atoms with van der Waals surface area (Å²) in [6, 6.07) is 0. The van der Waals surface area contributed by atoms with Crippen LogP contribution in [0.25, 0.3) is 0 Å². The Hall–Kier alpha value is -0.910. The summed E-state index contributed by atoms with van der Waals surface area (Å²) in [6.45, 7) is 5.72. The topological polar surface area (TPSA) is 88.1 Å². The minimum absolute atomic E-state index is 0.125. The smallest absolute Gasteiger partial charge is 0.465 e. The monoisotopic (exact) mass is 376 g/mol. The van der Waals surface area contributed by atoms with E-state index in [0.29, 0.717) is 0 Å². The minimum Gasteiger partial charge on any atom is -0.465 e. The first kappa shape index (κ1) is 19.4. The number of ether oxygens (including phenoxy) is 3. The van der Waals surface area contributed by atoms with Crippen LogP contribution in [0.3, 0.4) is 0 Å². The standard InChI is InChI=1S/C13H19F3O7S/c1-7(17)20-6-8-5-9(22-24(18,19)13(14,15)16)10-12(8,4)23-11(2,3)21-10/h8-10H,5-6H2,1-4H3/t8-,9+,10?,12?/m1/s1. The third kappa shape index (κ3) is 3.53. The van der Waals surface area contributed by atoms with Crippen molar-refractivity contribution in [3.05, 3.63) is 0 Å². The molecule has 0 spiro atoms. The summed E-state index contributed by atoms with van der Waals surface area (Å²) in [6.07, 6.45) is -2.58. The van der Waals surface area contributed by atoms with Crippen LogP contribution in [-0.2, 0) is 33.3 Å². The molecule has 2 unspecified atom stereocenters. The number of fused-ring (bicyclic) bond motifs is 1. The van der Waals surface area contributed by atoms with Gasteiger partial charge in [-0.05, 0) is 27.2 Å². The van der Waals surface area contributed by atoms with Crippen molar-refractivity contribution in [2.24, 2.45) is 5.92 Å². The van der Waals surface area contributed by atoms with Gasteiger partial charge in [0.25, 0.3) is 0 Å². The Morgan fingerprint density at radius 2 is 1.88 bits per heavy atom. The number of halogens is 3. The number of hydrogen-bond acceptors (Lipinski definition) is 7. The van der Waals surface area contributed by atoms with E-state index in [1.165, 1.54) is 6.92 Å². The molecule has 24 heavy (non-hydrogen) atoms. The van der Waals surface area contributed by atoms with Crippen molar-refractivity contribution in [2.45, 2.75) is 63.2 Å². The number of rotatable bonds is 4. The van der Waals surface area contributed by atoms with Gasteiger partial charge in [-0.3, -0.25) is 8.98 Å². The molecule has 1 heterocycles. The van der Waals surface area contributed by atoms with Gasteiger partial charge in [-0.25, -0.2) is 0 Å². The summed E-state index contributed by atoms with van der Waals surface area (Å²) >= 11 is 0. The molecule has 4 atom stereocenters. The van der Waals surface area contributed by atoms with Crippen LogP contribution < -0.4 is 0 Å². The van der Waals surface area contributed by atoms with E-state index in [-0.39, 0.29) is 13.0 Å². The quantitative estimate of drug-likeness (QED) is 0.419. The van der Waals surface area contributed by atoms with Crippen LogP contribution in [0.5, 0.6) is 0 Å². The lowest BCUT2D eigenvalue weighted by atomic mass is 9.92. The van der Waals surface area contributed by atoms with Crippen LogP contribution in [0, 0.1) is 5.92 Å². The van der Waals surface area contributed by atoms with E-state index >= 15 is 0 Å². The number of hydrogen-bond donors (Lipinski definition) is 0. The van der Waals surface area contributed by atoms with E-state index in [2.05, 4.69) is 4.18 Å². The zero-order valence-electron chi connectivity index (χ0n) is 13.5. The summed E-state index contributed by atoms with van der Waals surface area (Å²) in [5.74, 6) is -2.29. The predicted molar refractivity (Wildman–Crippen MR) is 73.0 cm³/mol. The Bertz CT molecular complexity index is 616. The molecule has 1 saturated carbocycles. The second kappa shape index (κ2) is 5.82. The van der Waals surface area contributed by atoms with Crippen LogP contribution in [0.2, 0.25) is 0 Å². The Kier molecular flexibility index (Phi) is 4.71. The van der Waals surface area contributed by atoms with Gasteiger partial charge in [0.1, 0.15) is 17.8 Å². The summed E-state index contributed by atoms with van der Waals surface area (Å²) in [5, 5.41) is 0. The normalized spacial score (nSPS) is 35.7. The van der Waals surface area contributed by atoms with E-state index in [9.17, 15) is 26.4 Å². The molecule has 0 N–H and O–H groups in total. The summed E-state index contributed by atoms with van der Waals surface area (Å²) in [7, 11) is -5.78. The zero-order valence-corrected chi connectivity index (χ0v) is 14.4. The fraction of sp³-hybridized carbons (Fsp3) is 0.923. The molecule has 140 valence electrons. The summed E-state index contributed by atoms with van der Waals surface area (Å²) in [5.41, 5.74) is -6.68. The highest BCUT2D eigenvalue weighted by molar-refractivity contribution is 7.87. The molecule has 0 radical (unpaired) electrons. The summed E-state index contributed by atoms with van der Waals surface area (Å²) < 4.78 is 81.0. The summed E-state index contributed by atoms with van der Waals surface area (Å²) in [4.78, 5) is 11.0. The molecule has 11 heteroatoms. The third-order valence-corrected chi connectivity index (χ3v) is 5.20. The number of carbonyl (C=O) groups excluding carboxylic acids is 1. The molecule has 0 aromatic heterocycles. The zero-order chi connectivity index (χ0) is 18.6. The molecule has 2 rings (SSSR count). The van der Waals surface area contributed by atoms with Crippen LogP contribution in [-0.4, -0.2) is 50.1 Å². The van der Waals surface area contributed by atoms with E-state index in [1.807, 2.05) is 0 Å². The fourth-order valence-corrected chi connectivity index (χ4v) is 3.81. The first-order valence-corrected chi connectivity index (χ1v) is 8.60. The highest BCUT2D eigenvalue weighted by Crippen LogP contribution is 2.51. The Labute approximate surface area is 137 Å². The molecule has 0 aromatic carbocycles. The maximum absolute atomic E-state index is 12.6. The maximum Gasteiger partial charge on any atom is 0.523 e. The highest BCUT2D eigenvalue weighted by atomic mass is 32.2. The van der Waals surface area contributed by atoms with Crippen LogP contribution in [0.4, 0.5) is 13.2 Å². The van der Waals surface area contributed by atoms with Crippen molar-refractivity contribution in [1.29, 1.82) is 0 Å². The average Bonchev–Trinajstić information content (AvgIpc) is 2.73. The first-order chi connectivity index (χ1) is 10.7. The van der Waals surface area contributed by atoms with E-state index < -0.39 is 51.1 Å². The van der Waals surface area contributed by atoms with E-state index in [0.717, 1.165) is 0 Å². The third-order valence-electron chi connectivity index (χ3n) is 4.13. The molecule has 0 aromatic rings. The lowest BCUT2D eigenvalue weighted by molar-refractivity contribution is -0.183. The van der Waals surface area contributed by atoms with Crippen molar-refractivity contribution in [3.8, 4) is 0 Å². The molecule has 0 amide bonds. The molecule has 2 fully saturated rings. The number of alkyl halides is 3. The van der Waals surface area contributed by atoms with Crippen LogP contribution >= 0.6 is 0 Å². The van der Waals surface area contributed by atoms with E-state index in [1.54, 1.807) is 20.8 Å². The molecule has 1 saturated heterocycles. The molecule has 0 bridgehead atoms. The largest absolute Gasteiger partial charge is 0.523 e. The van der Waals surface area contributed by atoms with Gasteiger partial charge in [-0.15, -0.1) is 0 Å². The Balaban J connectivity index is 2.26. The molecule has 7 nitrogen and oxygen atoms in total. The van der Waals surface area contributed by atoms with E-state index in [4.69, 9.17) is 14.2 Å².